The maximum atomic E-state index is 10.7. The zero-order valence-electron chi connectivity index (χ0n) is 20.9. The van der Waals surface area contributed by atoms with Gasteiger partial charge < -0.3 is 15.3 Å². The van der Waals surface area contributed by atoms with Gasteiger partial charge in [0.05, 0.1) is 11.7 Å². The van der Waals surface area contributed by atoms with E-state index in [2.05, 4.69) is 32.6 Å². The maximum absolute atomic E-state index is 10.7. The minimum absolute atomic E-state index is 0.0693. The minimum atomic E-state index is -0.693. The van der Waals surface area contributed by atoms with E-state index < -0.39 is 5.60 Å². The zero-order chi connectivity index (χ0) is 23.4. The van der Waals surface area contributed by atoms with Crippen LogP contribution in [0.15, 0.2) is 35.5 Å². The summed E-state index contributed by atoms with van der Waals surface area (Å²) in [6, 6.07) is 0. The van der Waals surface area contributed by atoms with Crippen LogP contribution in [0.25, 0.3) is 0 Å². The fourth-order valence-electron chi connectivity index (χ4n) is 7.25. The third-order valence-electron chi connectivity index (χ3n) is 9.45. The molecule has 0 saturated heterocycles. The number of hydrogen-bond donors (Lipinski definition) is 3. The van der Waals surface area contributed by atoms with Crippen LogP contribution in [0.3, 0.4) is 0 Å². The van der Waals surface area contributed by atoms with Crippen molar-refractivity contribution in [3.8, 4) is 0 Å². The van der Waals surface area contributed by atoms with Crippen molar-refractivity contribution < 1.29 is 15.3 Å². The molecule has 3 heteroatoms. The normalized spacial score (nSPS) is 36.3. The van der Waals surface area contributed by atoms with E-state index in [0.717, 1.165) is 44.4 Å². The molecule has 0 bridgehead atoms. The van der Waals surface area contributed by atoms with Crippen molar-refractivity contribution in [3.05, 3.63) is 35.5 Å². The van der Waals surface area contributed by atoms with Crippen LogP contribution in [0.5, 0.6) is 0 Å². The first kappa shape index (κ1) is 25.7. The van der Waals surface area contributed by atoms with Crippen LogP contribution < -0.4 is 0 Å². The Labute approximate surface area is 196 Å². The Balaban J connectivity index is 1.64. The van der Waals surface area contributed by atoms with Crippen molar-refractivity contribution in [2.75, 3.05) is 6.61 Å². The standard InChI is InChI=1S/C29H48O3/c1-5-29(32,18-19-30)17-6-8-22(3)26-14-15-27-23(9-7-16-28(26,27)4)11-12-24-20-25(31)13-10-21(24)2/h11-12,22,25-27,30-32H,2,5-10,13-20H2,1,3-4H3/b23-11?,24-12-/t22-,25+,26-,27?,28-,29?/m1/s1. The first-order valence-electron chi connectivity index (χ1n) is 13.3. The molecule has 3 aliphatic rings. The van der Waals surface area contributed by atoms with Gasteiger partial charge in [-0.25, -0.2) is 0 Å². The van der Waals surface area contributed by atoms with E-state index in [1.165, 1.54) is 49.7 Å². The molecule has 0 aromatic heterocycles. The molecule has 32 heavy (non-hydrogen) atoms. The number of fused-ring (bicyclic) bond motifs is 1. The van der Waals surface area contributed by atoms with Gasteiger partial charge in [0, 0.05) is 6.61 Å². The molecule has 182 valence electrons. The molecule has 3 N–H and O–H groups in total. The van der Waals surface area contributed by atoms with Gasteiger partial charge in [-0.2, -0.15) is 0 Å². The SMILES string of the molecule is C=C1CC[C@H](O)C/C1=C/C=C1CCC[C@@]2(C)C1CC[C@@H]2[C@H](C)CCCC(O)(CC)CCO. The number of allylic oxidation sites excluding steroid dienone is 4. The summed E-state index contributed by atoms with van der Waals surface area (Å²) in [6.45, 7) is 11.3. The van der Waals surface area contributed by atoms with Crippen LogP contribution in [-0.2, 0) is 0 Å². The van der Waals surface area contributed by atoms with Crippen molar-refractivity contribution in [1.82, 2.24) is 0 Å². The molecule has 0 aliphatic heterocycles. The fourth-order valence-corrected chi connectivity index (χ4v) is 7.25. The minimum Gasteiger partial charge on any atom is -0.396 e. The van der Waals surface area contributed by atoms with Crippen molar-refractivity contribution in [2.24, 2.45) is 23.2 Å². The van der Waals surface area contributed by atoms with E-state index in [9.17, 15) is 15.3 Å². The first-order valence-corrected chi connectivity index (χ1v) is 13.3. The Morgan fingerprint density at radius 1 is 1.19 bits per heavy atom. The molecular formula is C29H48O3. The summed E-state index contributed by atoms with van der Waals surface area (Å²) < 4.78 is 0. The van der Waals surface area contributed by atoms with Gasteiger partial charge in [0.25, 0.3) is 0 Å². The topological polar surface area (TPSA) is 60.7 Å². The lowest BCUT2D eigenvalue weighted by molar-refractivity contribution is -0.000112. The first-order chi connectivity index (χ1) is 15.2. The van der Waals surface area contributed by atoms with Crippen LogP contribution in [0.1, 0.15) is 104 Å². The van der Waals surface area contributed by atoms with Crippen LogP contribution in [0, 0.1) is 23.2 Å². The number of rotatable bonds is 9. The van der Waals surface area contributed by atoms with E-state index in [-0.39, 0.29) is 12.7 Å². The highest BCUT2D eigenvalue weighted by Gasteiger charge is 2.50. The summed E-state index contributed by atoms with van der Waals surface area (Å²) in [7, 11) is 0. The Hall–Kier alpha value is -0.900. The predicted molar refractivity (Wildman–Crippen MR) is 133 cm³/mol. The summed E-state index contributed by atoms with van der Waals surface area (Å²) in [5, 5.41) is 30.0. The second kappa shape index (κ2) is 11.0. The van der Waals surface area contributed by atoms with Gasteiger partial charge in [-0.05, 0) is 99.4 Å². The Morgan fingerprint density at radius 2 is 1.97 bits per heavy atom. The maximum Gasteiger partial charge on any atom is 0.0667 e. The molecule has 3 fully saturated rings. The molecule has 3 aliphatic carbocycles. The predicted octanol–water partition coefficient (Wildman–Crippen LogP) is 6.49. The summed E-state index contributed by atoms with van der Waals surface area (Å²) in [5.41, 5.74) is 3.77. The molecule has 0 heterocycles. The van der Waals surface area contributed by atoms with E-state index in [0.29, 0.717) is 23.7 Å². The molecule has 6 atom stereocenters. The van der Waals surface area contributed by atoms with Crippen LogP contribution in [0.4, 0.5) is 0 Å². The monoisotopic (exact) mass is 444 g/mol. The van der Waals surface area contributed by atoms with E-state index >= 15 is 0 Å². The lowest BCUT2D eigenvalue weighted by atomic mass is 9.60. The number of aliphatic hydroxyl groups is 3. The van der Waals surface area contributed by atoms with Crippen LogP contribution >= 0.6 is 0 Å². The number of hydrogen-bond acceptors (Lipinski definition) is 3. The Kier molecular flexibility index (Phi) is 8.85. The Morgan fingerprint density at radius 3 is 2.69 bits per heavy atom. The zero-order valence-corrected chi connectivity index (χ0v) is 20.9. The summed E-state index contributed by atoms with van der Waals surface area (Å²) in [5.74, 6) is 2.11. The average molecular weight is 445 g/mol. The summed E-state index contributed by atoms with van der Waals surface area (Å²) in [6.07, 6.45) is 17.6. The highest BCUT2D eigenvalue weighted by atomic mass is 16.3. The van der Waals surface area contributed by atoms with Gasteiger partial charge in [0.2, 0.25) is 0 Å². The van der Waals surface area contributed by atoms with Crippen LogP contribution in [-0.4, -0.2) is 33.6 Å². The highest BCUT2D eigenvalue weighted by Crippen LogP contribution is 2.60. The van der Waals surface area contributed by atoms with Crippen molar-refractivity contribution in [1.29, 1.82) is 0 Å². The molecule has 0 amide bonds. The molecule has 0 aromatic rings. The largest absolute Gasteiger partial charge is 0.396 e. The molecule has 0 radical (unpaired) electrons. The lowest BCUT2D eigenvalue weighted by Gasteiger charge is -2.44. The highest BCUT2D eigenvalue weighted by molar-refractivity contribution is 5.36. The van der Waals surface area contributed by atoms with Crippen molar-refractivity contribution in [2.45, 2.75) is 116 Å². The fraction of sp³-hybridized carbons (Fsp3) is 0.793. The van der Waals surface area contributed by atoms with Gasteiger partial charge in [0.1, 0.15) is 0 Å². The molecule has 0 aromatic carbocycles. The van der Waals surface area contributed by atoms with E-state index in [1.807, 2.05) is 6.92 Å². The van der Waals surface area contributed by atoms with Crippen LogP contribution in [0.2, 0.25) is 0 Å². The molecule has 2 unspecified atom stereocenters. The van der Waals surface area contributed by atoms with E-state index in [4.69, 9.17) is 0 Å². The van der Waals surface area contributed by atoms with Gasteiger partial charge in [0.15, 0.2) is 0 Å². The van der Waals surface area contributed by atoms with Gasteiger partial charge in [-0.15, -0.1) is 0 Å². The van der Waals surface area contributed by atoms with Gasteiger partial charge in [-0.3, -0.25) is 0 Å². The number of aliphatic hydroxyl groups excluding tert-OH is 2. The summed E-state index contributed by atoms with van der Waals surface area (Å²) in [4.78, 5) is 0. The quantitative estimate of drug-likeness (QED) is 0.381. The molecule has 3 saturated carbocycles. The molecule has 3 nitrogen and oxygen atoms in total. The summed E-state index contributed by atoms with van der Waals surface area (Å²) >= 11 is 0. The van der Waals surface area contributed by atoms with Gasteiger partial charge in [-0.1, -0.05) is 63.5 Å². The molecular weight excluding hydrogens is 396 g/mol. The molecule has 0 spiro atoms. The van der Waals surface area contributed by atoms with Gasteiger partial charge >= 0.3 is 0 Å². The second-order valence-electron chi connectivity index (χ2n) is 11.5. The smallest absolute Gasteiger partial charge is 0.0667 e. The van der Waals surface area contributed by atoms with Crippen molar-refractivity contribution >= 4 is 0 Å². The Bertz CT molecular complexity index is 707. The second-order valence-corrected chi connectivity index (χ2v) is 11.5. The molecule has 3 rings (SSSR count). The average Bonchev–Trinajstić information content (AvgIpc) is 3.12. The third-order valence-corrected chi connectivity index (χ3v) is 9.45. The van der Waals surface area contributed by atoms with Crippen molar-refractivity contribution in [3.63, 3.8) is 0 Å². The lowest BCUT2D eigenvalue weighted by Crippen LogP contribution is -2.36. The third kappa shape index (κ3) is 5.77. The van der Waals surface area contributed by atoms with E-state index in [1.54, 1.807) is 5.57 Å².